The highest BCUT2D eigenvalue weighted by atomic mass is 16.6. The van der Waals surface area contributed by atoms with Gasteiger partial charge in [-0.2, -0.15) is 0 Å². The van der Waals surface area contributed by atoms with E-state index in [0.717, 1.165) is 0 Å². The molecule has 19 heavy (non-hydrogen) atoms. The number of anilines is 2. The summed E-state index contributed by atoms with van der Waals surface area (Å²) in [6, 6.07) is 4.28. The first-order valence-corrected chi connectivity index (χ1v) is 5.56. The maximum atomic E-state index is 10.9. The minimum Gasteiger partial charge on any atom is -0.379 e. The monoisotopic (exact) mass is 267 g/mol. The van der Waals surface area contributed by atoms with E-state index in [1.807, 2.05) is 0 Å². The predicted octanol–water partition coefficient (Wildman–Crippen LogP) is 0.946. The lowest BCUT2D eigenvalue weighted by Crippen LogP contribution is -2.36. The summed E-state index contributed by atoms with van der Waals surface area (Å²) in [5.74, 6) is 4.80. The Labute approximate surface area is 110 Å². The van der Waals surface area contributed by atoms with Crippen LogP contribution in [-0.4, -0.2) is 16.4 Å². The van der Waals surface area contributed by atoms with E-state index in [1.165, 1.54) is 12.1 Å². The number of benzene rings is 1. The van der Waals surface area contributed by atoms with Crippen LogP contribution in [-0.2, 0) is 4.79 Å². The number of carbonyl (C=O) groups is 1. The summed E-state index contributed by atoms with van der Waals surface area (Å²) in [6.45, 7) is 3.54. The molecule has 1 rings (SSSR count). The lowest BCUT2D eigenvalue weighted by atomic mass is 9.99. The Kier molecular flexibility index (Phi) is 4.28. The predicted molar refractivity (Wildman–Crippen MR) is 72.4 cm³/mol. The number of nitrogens with two attached hydrogens (primary N) is 2. The van der Waals surface area contributed by atoms with Gasteiger partial charge in [-0.1, -0.05) is 0 Å². The van der Waals surface area contributed by atoms with Crippen LogP contribution in [0.15, 0.2) is 18.2 Å². The second kappa shape index (κ2) is 5.53. The zero-order valence-corrected chi connectivity index (χ0v) is 10.8. The van der Waals surface area contributed by atoms with Crippen molar-refractivity contribution in [3.63, 3.8) is 0 Å². The van der Waals surface area contributed by atoms with Crippen molar-refractivity contribution < 1.29 is 9.72 Å². The molecule has 6 N–H and O–H groups in total. The summed E-state index contributed by atoms with van der Waals surface area (Å²) in [6.07, 6.45) is 0.0983. The second-order valence-electron chi connectivity index (χ2n) is 4.82. The molecular weight excluding hydrogens is 250 g/mol. The molecule has 0 aliphatic heterocycles. The zero-order chi connectivity index (χ0) is 14.6. The van der Waals surface area contributed by atoms with E-state index in [9.17, 15) is 14.9 Å². The van der Waals surface area contributed by atoms with Gasteiger partial charge in [0.05, 0.1) is 10.6 Å². The van der Waals surface area contributed by atoms with Gasteiger partial charge in [0.2, 0.25) is 5.91 Å². The molecular formula is C11H17N5O3. The van der Waals surface area contributed by atoms with Crippen molar-refractivity contribution in [2.24, 2.45) is 11.6 Å². The van der Waals surface area contributed by atoms with Crippen molar-refractivity contribution in [1.29, 1.82) is 0 Å². The van der Waals surface area contributed by atoms with Crippen molar-refractivity contribution in [3.05, 3.63) is 28.3 Å². The van der Waals surface area contributed by atoms with Gasteiger partial charge in [0, 0.05) is 29.8 Å². The average molecular weight is 267 g/mol. The Hall–Kier alpha value is -2.35. The zero-order valence-electron chi connectivity index (χ0n) is 10.8. The van der Waals surface area contributed by atoms with Crippen LogP contribution in [0.25, 0.3) is 0 Å². The molecule has 0 atom stereocenters. The van der Waals surface area contributed by atoms with Gasteiger partial charge in [-0.15, -0.1) is 0 Å². The standard InChI is InChI=1S/C11H17N5O3/c1-11(2,6-10(12)17)14-7-3-8(15-13)5-9(4-7)16(18)19/h3-5,14-15H,6,13H2,1-2H3,(H2,12,17). The fraction of sp³-hybridized carbons (Fsp3) is 0.364. The van der Waals surface area contributed by atoms with E-state index in [2.05, 4.69) is 10.7 Å². The Morgan fingerprint density at radius 3 is 2.42 bits per heavy atom. The molecule has 0 fully saturated rings. The molecule has 0 radical (unpaired) electrons. The Morgan fingerprint density at radius 2 is 1.95 bits per heavy atom. The lowest BCUT2D eigenvalue weighted by Gasteiger charge is -2.26. The van der Waals surface area contributed by atoms with Crippen LogP contribution in [0, 0.1) is 10.1 Å². The van der Waals surface area contributed by atoms with Gasteiger partial charge in [0.25, 0.3) is 5.69 Å². The van der Waals surface area contributed by atoms with Crippen LogP contribution in [0.3, 0.4) is 0 Å². The first kappa shape index (κ1) is 14.7. The third-order valence-corrected chi connectivity index (χ3v) is 2.39. The van der Waals surface area contributed by atoms with Gasteiger partial charge in [0.15, 0.2) is 0 Å². The van der Waals surface area contributed by atoms with E-state index in [1.54, 1.807) is 19.9 Å². The molecule has 0 aliphatic carbocycles. The van der Waals surface area contributed by atoms with Gasteiger partial charge in [-0.05, 0) is 19.9 Å². The largest absolute Gasteiger partial charge is 0.379 e. The van der Waals surface area contributed by atoms with Crippen molar-refractivity contribution in [3.8, 4) is 0 Å². The Morgan fingerprint density at radius 1 is 1.37 bits per heavy atom. The molecule has 0 unspecified atom stereocenters. The van der Waals surface area contributed by atoms with Crippen LogP contribution in [0.1, 0.15) is 20.3 Å². The minimum absolute atomic E-state index is 0.0983. The van der Waals surface area contributed by atoms with Gasteiger partial charge < -0.3 is 16.5 Å². The smallest absolute Gasteiger partial charge is 0.273 e. The minimum atomic E-state index is -0.618. The Balaban J connectivity index is 3.03. The number of hydrogen-bond donors (Lipinski definition) is 4. The van der Waals surface area contributed by atoms with Crippen molar-refractivity contribution in [2.75, 3.05) is 10.7 Å². The third-order valence-electron chi connectivity index (χ3n) is 2.39. The van der Waals surface area contributed by atoms with Gasteiger partial charge >= 0.3 is 0 Å². The second-order valence-corrected chi connectivity index (χ2v) is 4.82. The normalized spacial score (nSPS) is 10.9. The summed E-state index contributed by atoms with van der Waals surface area (Å²) < 4.78 is 0. The van der Waals surface area contributed by atoms with E-state index in [0.29, 0.717) is 11.4 Å². The summed E-state index contributed by atoms with van der Waals surface area (Å²) in [5.41, 5.74) is 7.65. The molecule has 1 aromatic carbocycles. The SMILES string of the molecule is CC(C)(CC(N)=O)Nc1cc(NN)cc([N+](=O)[O-])c1. The van der Waals surface area contributed by atoms with Gasteiger partial charge in [0.1, 0.15) is 0 Å². The third kappa shape index (κ3) is 4.43. The van der Waals surface area contributed by atoms with Crippen LogP contribution in [0.2, 0.25) is 0 Å². The van der Waals surface area contributed by atoms with E-state index >= 15 is 0 Å². The number of nitro groups is 1. The number of nitro benzene ring substituents is 1. The number of hydrogen-bond acceptors (Lipinski definition) is 6. The highest BCUT2D eigenvalue weighted by Crippen LogP contribution is 2.26. The highest BCUT2D eigenvalue weighted by molar-refractivity contribution is 5.76. The quantitative estimate of drug-likeness (QED) is 0.344. The maximum Gasteiger partial charge on any atom is 0.273 e. The number of rotatable bonds is 6. The number of non-ortho nitro benzene ring substituents is 1. The number of hydrazine groups is 1. The van der Waals surface area contributed by atoms with Crippen LogP contribution < -0.4 is 22.3 Å². The number of nitrogen functional groups attached to an aromatic ring is 1. The van der Waals surface area contributed by atoms with Crippen LogP contribution in [0.5, 0.6) is 0 Å². The van der Waals surface area contributed by atoms with Gasteiger partial charge in [-0.25, -0.2) is 0 Å². The maximum absolute atomic E-state index is 10.9. The molecule has 1 aromatic rings. The number of amides is 1. The molecule has 104 valence electrons. The molecule has 0 aromatic heterocycles. The first-order valence-electron chi connectivity index (χ1n) is 5.56. The molecule has 1 amide bonds. The van der Waals surface area contributed by atoms with Crippen molar-refractivity contribution >= 4 is 23.0 Å². The molecule has 0 aliphatic rings. The summed E-state index contributed by atoms with van der Waals surface area (Å²) in [5, 5.41) is 13.8. The van der Waals surface area contributed by atoms with Crippen molar-refractivity contribution in [1.82, 2.24) is 0 Å². The van der Waals surface area contributed by atoms with Crippen LogP contribution >= 0.6 is 0 Å². The number of primary amides is 1. The molecule has 0 saturated carbocycles. The van der Waals surface area contributed by atoms with E-state index in [-0.39, 0.29) is 12.1 Å². The number of nitrogens with one attached hydrogen (secondary N) is 2. The summed E-state index contributed by atoms with van der Waals surface area (Å²) in [7, 11) is 0. The number of nitrogens with zero attached hydrogens (tertiary/aromatic N) is 1. The molecule has 8 nitrogen and oxygen atoms in total. The van der Waals surface area contributed by atoms with E-state index in [4.69, 9.17) is 11.6 Å². The fourth-order valence-electron chi connectivity index (χ4n) is 1.74. The van der Waals surface area contributed by atoms with Gasteiger partial charge in [-0.3, -0.25) is 20.8 Å². The topological polar surface area (TPSA) is 136 Å². The number of carbonyl (C=O) groups excluding carboxylic acids is 1. The highest BCUT2D eigenvalue weighted by Gasteiger charge is 2.21. The molecule has 8 heteroatoms. The first-order chi connectivity index (χ1) is 8.73. The molecule has 0 saturated heterocycles. The summed E-state index contributed by atoms with van der Waals surface area (Å²) >= 11 is 0. The van der Waals surface area contributed by atoms with E-state index < -0.39 is 16.4 Å². The molecule has 0 spiro atoms. The average Bonchev–Trinajstić information content (AvgIpc) is 2.25. The summed E-state index contributed by atoms with van der Waals surface area (Å²) in [4.78, 5) is 21.2. The fourth-order valence-corrected chi connectivity index (χ4v) is 1.74. The molecule has 0 heterocycles. The van der Waals surface area contributed by atoms with Crippen molar-refractivity contribution in [2.45, 2.75) is 25.8 Å². The molecule has 0 bridgehead atoms. The lowest BCUT2D eigenvalue weighted by molar-refractivity contribution is -0.384. The Bertz CT molecular complexity index is 501. The van der Waals surface area contributed by atoms with Crippen LogP contribution in [0.4, 0.5) is 17.1 Å².